The number of nitrogens with one attached hydrogen (secondary N) is 3. The number of nitrogens with zero attached hydrogens (tertiary/aromatic N) is 1. The molecule has 3 aliphatic rings. The summed E-state index contributed by atoms with van der Waals surface area (Å²) in [6, 6.07) is 2.09. The normalized spacial score (nSPS) is 29.9. The van der Waals surface area contributed by atoms with Crippen LogP contribution < -0.4 is 10.6 Å². The van der Waals surface area contributed by atoms with Gasteiger partial charge < -0.3 is 20.1 Å². The highest BCUT2D eigenvalue weighted by atomic mass is 16.6. The van der Waals surface area contributed by atoms with Gasteiger partial charge in [0, 0.05) is 43.4 Å². The molecule has 0 saturated heterocycles. The zero-order valence-corrected chi connectivity index (χ0v) is 16.6. The van der Waals surface area contributed by atoms with Crippen LogP contribution in [0, 0.1) is 17.8 Å². The maximum absolute atomic E-state index is 12.2. The maximum Gasteiger partial charge on any atom is 0.407 e. The van der Waals surface area contributed by atoms with Crippen molar-refractivity contribution in [1.82, 2.24) is 15.5 Å². The van der Waals surface area contributed by atoms with Crippen LogP contribution >= 0.6 is 0 Å². The smallest absolute Gasteiger partial charge is 0.407 e. The van der Waals surface area contributed by atoms with E-state index in [1.807, 2.05) is 13.0 Å². The number of methoxy groups -OCH3 is 1. The molecule has 0 aromatic carbocycles. The molecule has 0 unspecified atom stereocenters. The summed E-state index contributed by atoms with van der Waals surface area (Å²) >= 11 is 0. The fourth-order valence-corrected chi connectivity index (χ4v) is 4.21. The van der Waals surface area contributed by atoms with Gasteiger partial charge in [0.25, 0.3) is 0 Å². The van der Waals surface area contributed by atoms with Crippen LogP contribution in [0.25, 0.3) is 0 Å². The Kier molecular flexibility index (Phi) is 5.57. The van der Waals surface area contributed by atoms with Gasteiger partial charge in [-0.2, -0.15) is 5.10 Å². The number of anilines is 1. The first kappa shape index (κ1) is 19.2. The second kappa shape index (κ2) is 8.11. The van der Waals surface area contributed by atoms with E-state index >= 15 is 0 Å². The molecule has 3 saturated carbocycles. The molecule has 1 aromatic heterocycles. The average Bonchev–Trinajstić information content (AvgIpc) is 3.55. The predicted octanol–water partition coefficient (Wildman–Crippen LogP) is 2.79. The Bertz CT molecular complexity index is 717. The minimum atomic E-state index is -0.308. The Morgan fingerprint density at radius 3 is 2.86 bits per heavy atom. The van der Waals surface area contributed by atoms with Gasteiger partial charge in [0.1, 0.15) is 6.10 Å². The fraction of sp³-hybridized carbons (Fsp3) is 0.750. The highest BCUT2D eigenvalue weighted by Gasteiger charge is 2.43. The van der Waals surface area contributed by atoms with Crippen LogP contribution in [0.1, 0.15) is 57.1 Å². The summed E-state index contributed by atoms with van der Waals surface area (Å²) in [6.07, 6.45) is 5.44. The first-order valence-electron chi connectivity index (χ1n) is 10.4. The van der Waals surface area contributed by atoms with E-state index in [1.54, 1.807) is 7.11 Å². The lowest BCUT2D eigenvalue weighted by Gasteiger charge is -2.16. The molecule has 4 rings (SSSR count). The average molecular weight is 390 g/mol. The van der Waals surface area contributed by atoms with Gasteiger partial charge in [0.05, 0.1) is 0 Å². The van der Waals surface area contributed by atoms with E-state index in [2.05, 4.69) is 20.8 Å². The highest BCUT2D eigenvalue weighted by molar-refractivity contribution is 5.93. The van der Waals surface area contributed by atoms with Crippen molar-refractivity contribution in [1.29, 1.82) is 0 Å². The first-order valence-corrected chi connectivity index (χ1v) is 10.4. The molecule has 8 heteroatoms. The standard InChI is InChI=1S/C20H30N4O4/c1-11(12-3-4-12)21-20(26)28-15-6-5-13(7-15)17-9-18(24-23-17)22-19(25)16-8-14(16)10-27-2/h9,11-16H,3-8,10H2,1-2H3,(H,21,26)(H2,22,23,24,25)/t11-,13-,14+,15+,16-/m0/s1. The first-order chi connectivity index (χ1) is 13.5. The molecule has 1 aromatic rings. The fourth-order valence-electron chi connectivity index (χ4n) is 4.21. The van der Waals surface area contributed by atoms with Crippen LogP contribution in [-0.2, 0) is 14.3 Å². The van der Waals surface area contributed by atoms with Gasteiger partial charge >= 0.3 is 6.09 Å². The predicted molar refractivity (Wildman–Crippen MR) is 103 cm³/mol. The zero-order valence-electron chi connectivity index (χ0n) is 16.6. The van der Waals surface area contributed by atoms with Crippen molar-refractivity contribution in [3.05, 3.63) is 11.8 Å². The van der Waals surface area contributed by atoms with Crippen molar-refractivity contribution < 1.29 is 19.1 Å². The number of carbonyl (C=O) groups is 2. The molecule has 1 heterocycles. The summed E-state index contributed by atoms with van der Waals surface area (Å²) in [7, 11) is 1.66. The number of H-pyrrole nitrogens is 1. The molecule has 154 valence electrons. The Morgan fingerprint density at radius 2 is 2.11 bits per heavy atom. The van der Waals surface area contributed by atoms with E-state index < -0.39 is 0 Å². The van der Waals surface area contributed by atoms with Crippen LogP contribution in [0.2, 0.25) is 0 Å². The number of alkyl carbamates (subject to hydrolysis) is 1. The van der Waals surface area contributed by atoms with Gasteiger partial charge in [-0.1, -0.05) is 0 Å². The molecule has 0 aliphatic heterocycles. The minimum Gasteiger partial charge on any atom is -0.446 e. The molecular weight excluding hydrogens is 360 g/mol. The van der Waals surface area contributed by atoms with Crippen molar-refractivity contribution in [3.8, 4) is 0 Å². The molecule has 3 N–H and O–H groups in total. The second-order valence-electron chi connectivity index (χ2n) is 8.56. The van der Waals surface area contributed by atoms with E-state index in [-0.39, 0.29) is 36.0 Å². The molecule has 28 heavy (non-hydrogen) atoms. The van der Waals surface area contributed by atoms with E-state index in [1.165, 1.54) is 12.8 Å². The lowest BCUT2D eigenvalue weighted by Crippen LogP contribution is -2.36. The molecule has 8 nitrogen and oxygen atoms in total. The highest BCUT2D eigenvalue weighted by Crippen LogP contribution is 2.40. The third kappa shape index (κ3) is 4.66. The van der Waals surface area contributed by atoms with E-state index in [4.69, 9.17) is 9.47 Å². The number of hydrogen-bond acceptors (Lipinski definition) is 5. The second-order valence-corrected chi connectivity index (χ2v) is 8.56. The van der Waals surface area contributed by atoms with Gasteiger partial charge in [-0.3, -0.25) is 9.89 Å². The van der Waals surface area contributed by atoms with E-state index in [0.717, 1.165) is 31.4 Å². The van der Waals surface area contributed by atoms with Crippen molar-refractivity contribution in [2.45, 2.75) is 63.5 Å². The maximum atomic E-state index is 12.2. The summed E-state index contributed by atoms with van der Waals surface area (Å²) in [5.74, 6) is 1.80. The number of ether oxygens (including phenoxy) is 2. The quantitative estimate of drug-likeness (QED) is 0.633. The summed E-state index contributed by atoms with van der Waals surface area (Å²) in [6.45, 7) is 2.66. The molecular formula is C20H30N4O4. The van der Waals surface area contributed by atoms with Crippen LogP contribution in [0.5, 0.6) is 0 Å². The zero-order chi connectivity index (χ0) is 19.7. The van der Waals surface area contributed by atoms with Crippen LogP contribution in [0.15, 0.2) is 6.07 Å². The summed E-state index contributed by atoms with van der Waals surface area (Å²) in [5, 5.41) is 13.1. The van der Waals surface area contributed by atoms with Crippen LogP contribution in [-0.4, -0.2) is 48.1 Å². The molecule has 2 amide bonds. The lowest BCUT2D eigenvalue weighted by molar-refractivity contribution is -0.117. The topological polar surface area (TPSA) is 105 Å². The van der Waals surface area contributed by atoms with E-state index in [0.29, 0.717) is 24.3 Å². The summed E-state index contributed by atoms with van der Waals surface area (Å²) in [4.78, 5) is 24.3. The lowest BCUT2D eigenvalue weighted by atomic mass is 10.0. The number of hydrogen-bond donors (Lipinski definition) is 3. The number of aromatic nitrogens is 2. The molecule has 5 atom stereocenters. The summed E-state index contributed by atoms with van der Waals surface area (Å²) < 4.78 is 10.7. The Morgan fingerprint density at radius 1 is 1.29 bits per heavy atom. The largest absolute Gasteiger partial charge is 0.446 e. The summed E-state index contributed by atoms with van der Waals surface area (Å²) in [5.41, 5.74) is 0.984. The van der Waals surface area contributed by atoms with Gasteiger partial charge in [-0.15, -0.1) is 0 Å². The van der Waals surface area contributed by atoms with Crippen LogP contribution in [0.3, 0.4) is 0 Å². The minimum absolute atomic E-state index is 0.00851. The SMILES string of the molecule is COC[C@H]1C[C@@H]1C(=O)Nc1cc([C@H]2CC[C@@H](OC(=O)N[C@@H](C)C3CC3)C2)[nH]n1. The third-order valence-electron chi connectivity index (χ3n) is 6.26. The van der Waals surface area contributed by atoms with Crippen molar-refractivity contribution in [2.75, 3.05) is 19.0 Å². The molecule has 0 radical (unpaired) electrons. The molecule has 0 spiro atoms. The molecule has 0 bridgehead atoms. The Hall–Kier alpha value is -2.09. The number of amides is 2. The van der Waals surface area contributed by atoms with Crippen molar-refractivity contribution >= 4 is 17.8 Å². The van der Waals surface area contributed by atoms with Gasteiger partial charge in [0.15, 0.2) is 5.82 Å². The third-order valence-corrected chi connectivity index (χ3v) is 6.26. The molecule has 3 aliphatic carbocycles. The van der Waals surface area contributed by atoms with Gasteiger partial charge in [-0.05, 0) is 57.3 Å². The number of rotatable bonds is 8. The van der Waals surface area contributed by atoms with Gasteiger partial charge in [0.2, 0.25) is 5.91 Å². The van der Waals surface area contributed by atoms with Gasteiger partial charge in [-0.25, -0.2) is 4.79 Å². The number of aromatic amines is 1. The number of carbonyl (C=O) groups excluding carboxylic acids is 2. The van der Waals surface area contributed by atoms with E-state index in [9.17, 15) is 9.59 Å². The van der Waals surface area contributed by atoms with Crippen LogP contribution in [0.4, 0.5) is 10.6 Å². The Balaban J connectivity index is 1.22. The monoisotopic (exact) mass is 390 g/mol. The molecule has 3 fully saturated rings. The van der Waals surface area contributed by atoms with Crippen molar-refractivity contribution in [2.24, 2.45) is 17.8 Å². The van der Waals surface area contributed by atoms with Crippen molar-refractivity contribution in [3.63, 3.8) is 0 Å². The Labute approximate surface area is 165 Å².